The minimum atomic E-state index is -0.413. The van der Waals surface area contributed by atoms with Gasteiger partial charge in [0, 0.05) is 50.2 Å². The molecular formula is C24H25N5O5. The quantitative estimate of drug-likeness (QED) is 0.399. The molecule has 1 fully saturated rings. The number of nitro benzene ring substituents is 1. The molecule has 1 amide bonds. The van der Waals surface area contributed by atoms with Gasteiger partial charge in [0.1, 0.15) is 0 Å². The molecule has 1 aliphatic heterocycles. The summed E-state index contributed by atoms with van der Waals surface area (Å²) in [4.78, 5) is 36.7. The Bertz CT molecular complexity index is 1240. The molecule has 1 N–H and O–H groups in total. The van der Waals surface area contributed by atoms with Crippen LogP contribution in [-0.4, -0.2) is 52.8 Å². The van der Waals surface area contributed by atoms with Crippen molar-refractivity contribution in [3.8, 4) is 0 Å². The van der Waals surface area contributed by atoms with Crippen LogP contribution in [0.5, 0.6) is 0 Å². The summed E-state index contributed by atoms with van der Waals surface area (Å²) in [5, 5.41) is 15.1. The number of nitrogens with zero attached hydrogens (tertiary/aromatic N) is 4. The fraction of sp³-hybridized carbons (Fsp3) is 0.292. The minimum Gasteiger partial charge on any atom is -0.378 e. The molecule has 2 aromatic rings. The molecule has 4 rings (SSSR count). The van der Waals surface area contributed by atoms with Crippen LogP contribution in [-0.2, 0) is 11.8 Å². The number of allylic oxidation sites excluding steroid dienone is 2. The Kier molecular flexibility index (Phi) is 6.98. The first-order valence-corrected chi connectivity index (χ1v) is 10.9. The Hall–Kier alpha value is -4.05. The Morgan fingerprint density at radius 2 is 1.88 bits per heavy atom. The van der Waals surface area contributed by atoms with Gasteiger partial charge in [-0.3, -0.25) is 19.7 Å². The van der Waals surface area contributed by atoms with Gasteiger partial charge in [-0.15, -0.1) is 0 Å². The Balaban J connectivity index is 1.57. The number of pyridine rings is 1. The lowest BCUT2D eigenvalue weighted by atomic mass is 10.1. The molecule has 34 heavy (non-hydrogen) atoms. The first-order chi connectivity index (χ1) is 16.4. The predicted molar refractivity (Wildman–Crippen MR) is 127 cm³/mol. The average molecular weight is 463 g/mol. The van der Waals surface area contributed by atoms with E-state index in [0.29, 0.717) is 18.8 Å². The normalized spacial score (nSPS) is 17.6. The summed E-state index contributed by atoms with van der Waals surface area (Å²) in [5.74, 6) is -0.403. The highest BCUT2D eigenvalue weighted by Crippen LogP contribution is 2.35. The highest BCUT2D eigenvalue weighted by atomic mass is 16.6. The second-order valence-electron chi connectivity index (χ2n) is 8.06. The number of ether oxygens (including phenoxy) is 1. The van der Waals surface area contributed by atoms with Crippen molar-refractivity contribution < 1.29 is 14.5 Å². The fourth-order valence-corrected chi connectivity index (χ4v) is 4.03. The van der Waals surface area contributed by atoms with Crippen molar-refractivity contribution in [1.29, 1.82) is 0 Å². The number of amides is 1. The van der Waals surface area contributed by atoms with Crippen molar-refractivity contribution in [2.45, 2.75) is 12.8 Å². The maximum absolute atomic E-state index is 12.4. The summed E-state index contributed by atoms with van der Waals surface area (Å²) in [5.41, 5.74) is 6.78. The van der Waals surface area contributed by atoms with Crippen molar-refractivity contribution in [2.75, 3.05) is 26.3 Å². The number of nitrogens with one attached hydrogen (secondary N) is 1. The number of aryl methyl sites for hydroxylation is 1. The van der Waals surface area contributed by atoms with Crippen LogP contribution in [0.15, 0.2) is 69.3 Å². The van der Waals surface area contributed by atoms with Crippen LogP contribution in [0, 0.1) is 10.1 Å². The molecule has 0 unspecified atom stereocenters. The molecule has 1 saturated heterocycles. The second-order valence-corrected chi connectivity index (χ2v) is 8.06. The Labute approximate surface area is 196 Å². The van der Waals surface area contributed by atoms with Gasteiger partial charge in [-0.25, -0.2) is 5.43 Å². The van der Waals surface area contributed by atoms with Gasteiger partial charge in [-0.2, -0.15) is 5.10 Å². The third kappa shape index (κ3) is 5.29. The number of benzene rings is 1. The Morgan fingerprint density at radius 3 is 2.56 bits per heavy atom. The zero-order chi connectivity index (χ0) is 24.1. The summed E-state index contributed by atoms with van der Waals surface area (Å²) in [6.45, 7) is 2.74. The maximum atomic E-state index is 12.4. The number of hydrazone groups is 1. The average Bonchev–Trinajstić information content (AvgIpc) is 3.23. The number of carbonyl (C=O) groups excluding carboxylic acids is 1. The van der Waals surface area contributed by atoms with E-state index in [2.05, 4.69) is 15.4 Å². The van der Waals surface area contributed by atoms with Gasteiger partial charge in [-0.05, 0) is 53.8 Å². The molecule has 1 aromatic heterocycles. The lowest BCUT2D eigenvalue weighted by Crippen LogP contribution is -2.36. The molecule has 0 saturated carbocycles. The topological polar surface area (TPSA) is 119 Å². The second kappa shape index (κ2) is 10.3. The SMILES string of the molecule is Cn1cc(C(=O)N/N=C/C2=C(N3CCOCC3)C(=C\c3ccc([N+](=O)[O-])cc3)/CC2)ccc1=O. The molecule has 0 atom stereocenters. The van der Waals surface area contributed by atoms with Crippen LogP contribution < -0.4 is 11.0 Å². The van der Waals surface area contributed by atoms with E-state index in [0.717, 1.165) is 48.3 Å². The van der Waals surface area contributed by atoms with Crippen molar-refractivity contribution in [2.24, 2.45) is 12.1 Å². The van der Waals surface area contributed by atoms with Crippen LogP contribution in [0.2, 0.25) is 0 Å². The van der Waals surface area contributed by atoms with Gasteiger partial charge < -0.3 is 14.2 Å². The van der Waals surface area contributed by atoms with Crippen LogP contribution in [0.25, 0.3) is 6.08 Å². The van der Waals surface area contributed by atoms with E-state index in [4.69, 9.17) is 4.74 Å². The molecule has 0 radical (unpaired) electrons. The van der Waals surface area contributed by atoms with Crippen molar-refractivity contribution in [3.63, 3.8) is 0 Å². The van der Waals surface area contributed by atoms with Crippen LogP contribution in [0.4, 0.5) is 5.69 Å². The van der Waals surface area contributed by atoms with E-state index in [9.17, 15) is 19.7 Å². The van der Waals surface area contributed by atoms with Gasteiger partial charge in [0.2, 0.25) is 5.56 Å². The summed E-state index contributed by atoms with van der Waals surface area (Å²) in [7, 11) is 1.58. The highest BCUT2D eigenvalue weighted by molar-refractivity contribution is 5.94. The third-order valence-corrected chi connectivity index (χ3v) is 5.78. The predicted octanol–water partition coefficient (Wildman–Crippen LogP) is 2.47. The largest absolute Gasteiger partial charge is 0.378 e. The molecule has 2 heterocycles. The monoisotopic (exact) mass is 463 g/mol. The molecule has 10 heteroatoms. The van der Waals surface area contributed by atoms with Gasteiger partial charge in [0.05, 0.1) is 29.9 Å². The van der Waals surface area contributed by atoms with Gasteiger partial charge in [0.15, 0.2) is 0 Å². The number of aromatic nitrogens is 1. The van der Waals surface area contributed by atoms with Crippen molar-refractivity contribution in [1.82, 2.24) is 14.9 Å². The lowest BCUT2D eigenvalue weighted by molar-refractivity contribution is -0.384. The zero-order valence-electron chi connectivity index (χ0n) is 18.8. The van der Waals surface area contributed by atoms with Gasteiger partial charge >= 0.3 is 0 Å². The van der Waals surface area contributed by atoms with Crippen LogP contribution >= 0.6 is 0 Å². The fourth-order valence-electron chi connectivity index (χ4n) is 4.03. The van der Waals surface area contributed by atoms with Crippen molar-refractivity contribution in [3.05, 3.63) is 91.0 Å². The summed E-state index contributed by atoms with van der Waals surface area (Å²) < 4.78 is 6.84. The van der Waals surface area contributed by atoms with Gasteiger partial charge in [-0.1, -0.05) is 0 Å². The van der Waals surface area contributed by atoms with Crippen LogP contribution in [0.1, 0.15) is 28.8 Å². The standard InChI is InChI=1S/C24H25N5O5/c1-27-16-20(6-9-22(27)30)24(31)26-25-15-19-5-4-18(23(19)28-10-12-34-13-11-28)14-17-2-7-21(8-3-17)29(32)33/h2-3,6-9,14-16H,4-5,10-13H2,1H3,(H,26,31)/b18-14-,25-15+. The molecule has 1 aliphatic carbocycles. The molecule has 10 nitrogen and oxygen atoms in total. The van der Waals surface area contributed by atoms with E-state index >= 15 is 0 Å². The summed E-state index contributed by atoms with van der Waals surface area (Å²) >= 11 is 0. The highest BCUT2D eigenvalue weighted by Gasteiger charge is 2.25. The van der Waals surface area contributed by atoms with E-state index in [1.54, 1.807) is 25.4 Å². The van der Waals surface area contributed by atoms with E-state index in [1.807, 2.05) is 6.08 Å². The molecule has 1 aromatic carbocycles. The number of nitro groups is 1. The van der Waals surface area contributed by atoms with Crippen molar-refractivity contribution >= 4 is 23.9 Å². The minimum absolute atomic E-state index is 0.0552. The summed E-state index contributed by atoms with van der Waals surface area (Å²) in [6, 6.07) is 9.27. The molecule has 0 spiro atoms. The van der Waals surface area contributed by atoms with E-state index < -0.39 is 10.8 Å². The molecule has 2 aliphatic rings. The molecular weight excluding hydrogens is 438 g/mol. The summed E-state index contributed by atoms with van der Waals surface area (Å²) in [6.07, 6.45) is 6.72. The van der Waals surface area contributed by atoms with E-state index in [1.165, 1.54) is 35.0 Å². The van der Waals surface area contributed by atoms with Gasteiger partial charge in [0.25, 0.3) is 11.6 Å². The third-order valence-electron chi connectivity index (χ3n) is 5.78. The molecule has 176 valence electrons. The maximum Gasteiger partial charge on any atom is 0.272 e. The number of hydrogen-bond donors (Lipinski definition) is 1. The lowest BCUT2D eigenvalue weighted by Gasteiger charge is -2.31. The zero-order valence-corrected chi connectivity index (χ0v) is 18.8. The van der Waals surface area contributed by atoms with Crippen LogP contribution in [0.3, 0.4) is 0 Å². The first-order valence-electron chi connectivity index (χ1n) is 10.9. The number of hydrogen-bond acceptors (Lipinski definition) is 7. The van der Waals surface area contributed by atoms with E-state index in [-0.39, 0.29) is 11.2 Å². The first kappa shape index (κ1) is 23.1. The number of rotatable bonds is 6. The number of non-ortho nitro benzene ring substituents is 1. The molecule has 0 bridgehead atoms. The Morgan fingerprint density at radius 1 is 1.15 bits per heavy atom. The number of carbonyl (C=O) groups is 1. The number of morpholine rings is 1. The smallest absolute Gasteiger partial charge is 0.272 e.